The fraction of sp³-hybridized carbons (Fsp3) is 0.778. The fourth-order valence-electron chi connectivity index (χ4n) is 2.08. The van der Waals surface area contributed by atoms with Gasteiger partial charge in [-0.05, 0) is 0 Å². The first-order chi connectivity index (χ1) is 12.4. The van der Waals surface area contributed by atoms with Gasteiger partial charge >= 0.3 is 54.3 Å². The van der Waals surface area contributed by atoms with Gasteiger partial charge in [0.15, 0.2) is 0 Å². The summed E-state index contributed by atoms with van der Waals surface area (Å²) in [5.41, 5.74) is 0. The molecule has 0 bridgehead atoms. The highest BCUT2D eigenvalue weighted by molar-refractivity contribution is 5.90. The molecule has 0 aromatic heterocycles. The molecule has 29 heavy (non-hydrogen) atoms. The third-order valence-electron chi connectivity index (χ3n) is 3.33. The molecule has 1 saturated heterocycles. The van der Waals surface area contributed by atoms with E-state index in [1.54, 1.807) is 0 Å². The maximum atomic E-state index is 14.0. The molecule has 1 heterocycles. The minimum absolute atomic E-state index is 4.18. The largest absolute Gasteiger partial charge is 0.469 e. The summed E-state index contributed by atoms with van der Waals surface area (Å²) in [5, 5.41) is 0. The second-order valence-corrected chi connectivity index (χ2v) is 5.05. The third-order valence-corrected chi connectivity index (χ3v) is 3.33. The van der Waals surface area contributed by atoms with E-state index >= 15 is 0 Å². The van der Waals surface area contributed by atoms with Crippen molar-refractivity contribution >= 4 is 12.1 Å². The zero-order chi connectivity index (χ0) is 23.8. The molecule has 20 heteroatoms. The van der Waals surface area contributed by atoms with Gasteiger partial charge < -0.3 is 0 Å². The molecule has 0 aliphatic carbocycles. The quantitative estimate of drug-likeness (QED) is 0.355. The Morgan fingerprint density at radius 1 is 0.552 bits per heavy atom. The number of halogens is 16. The van der Waals surface area contributed by atoms with Crippen molar-refractivity contribution in [1.29, 1.82) is 0 Å². The number of rotatable bonds is 4. The van der Waals surface area contributed by atoms with Crippen molar-refractivity contribution in [2.75, 3.05) is 0 Å². The molecule has 0 radical (unpaired) electrons. The minimum atomic E-state index is -7.94. The first kappa shape index (κ1) is 25.2. The summed E-state index contributed by atoms with van der Waals surface area (Å²) in [7, 11) is 0. The van der Waals surface area contributed by atoms with Crippen molar-refractivity contribution in [3.05, 3.63) is 0 Å². The summed E-state index contributed by atoms with van der Waals surface area (Å²) < 4.78 is 210. The number of piperazine rings is 1. The van der Waals surface area contributed by atoms with Crippen LogP contribution < -0.4 is 0 Å². The van der Waals surface area contributed by atoms with E-state index in [2.05, 4.69) is 0 Å². The van der Waals surface area contributed by atoms with Crippen molar-refractivity contribution < 1.29 is 79.8 Å². The highest BCUT2D eigenvalue weighted by Gasteiger charge is 2.95. The van der Waals surface area contributed by atoms with E-state index in [0.29, 0.717) is 0 Å². The van der Waals surface area contributed by atoms with Crippen LogP contribution in [0, 0.1) is 0 Å². The topological polar surface area (TPSA) is 40.6 Å². The second kappa shape index (κ2) is 6.08. The van der Waals surface area contributed by atoms with Crippen LogP contribution in [0.25, 0.3) is 0 Å². The highest BCUT2D eigenvalue weighted by atomic mass is 19.4. The van der Waals surface area contributed by atoms with Crippen LogP contribution in [0.2, 0.25) is 0 Å². The number of nitrogens with zero attached hydrogens (tertiary/aromatic N) is 2. The number of alkyl halides is 14. The summed E-state index contributed by atoms with van der Waals surface area (Å²) >= 11 is 0. The number of hydrogen-bond donors (Lipinski definition) is 0. The van der Waals surface area contributed by atoms with Gasteiger partial charge in [-0.3, -0.25) is 9.59 Å². The van der Waals surface area contributed by atoms with Crippen LogP contribution in [0.5, 0.6) is 0 Å². The van der Waals surface area contributed by atoms with Crippen molar-refractivity contribution in [3.8, 4) is 0 Å². The molecule has 0 aromatic carbocycles. The standard InChI is InChI=1S/C9F16N2O2/c10-1(28)3(12,13)4(14,2(11)29)26-5(15,16)7(19,20)27(9(23,24)25)8(21,22)6(26,17)18. The maximum Gasteiger partial charge on any atom is 0.469 e. The number of carbonyl (C=O) groups excluding carboxylic acids is 2. The van der Waals surface area contributed by atoms with Crippen LogP contribution in [-0.4, -0.2) is 64.1 Å². The summed E-state index contributed by atoms with van der Waals surface area (Å²) in [6, 6.07) is -41.3. The fourth-order valence-corrected chi connectivity index (χ4v) is 2.08. The Labute approximate surface area is 145 Å². The van der Waals surface area contributed by atoms with Crippen LogP contribution in [0.1, 0.15) is 0 Å². The zero-order valence-electron chi connectivity index (χ0n) is 12.3. The lowest BCUT2D eigenvalue weighted by Gasteiger charge is -2.55. The SMILES string of the molecule is O=C(F)C(F)(F)C(F)(C(=O)F)N1C(F)(F)C(F)(F)N(C(F)(F)F)C(F)(F)C1(F)F. The van der Waals surface area contributed by atoms with Gasteiger partial charge in [0.2, 0.25) is 0 Å². The highest BCUT2D eigenvalue weighted by Crippen LogP contribution is 2.64. The molecule has 4 nitrogen and oxygen atoms in total. The van der Waals surface area contributed by atoms with Crippen LogP contribution >= 0.6 is 0 Å². The van der Waals surface area contributed by atoms with Gasteiger partial charge in [-0.25, -0.2) is 4.39 Å². The van der Waals surface area contributed by atoms with Crippen LogP contribution in [-0.2, 0) is 9.59 Å². The lowest BCUT2D eigenvalue weighted by Crippen LogP contribution is -2.88. The Bertz CT molecular complexity index is 688. The molecule has 170 valence electrons. The molecule has 0 saturated carbocycles. The Kier molecular flexibility index (Phi) is 5.28. The van der Waals surface area contributed by atoms with Gasteiger partial charge in [0.25, 0.3) is 0 Å². The van der Waals surface area contributed by atoms with Crippen molar-refractivity contribution in [2.45, 2.75) is 42.2 Å². The van der Waals surface area contributed by atoms with Crippen molar-refractivity contribution in [3.63, 3.8) is 0 Å². The summed E-state index contributed by atoms with van der Waals surface area (Å²) in [6.45, 7) is 0. The van der Waals surface area contributed by atoms with Crippen molar-refractivity contribution in [1.82, 2.24) is 9.80 Å². The molecule has 1 unspecified atom stereocenters. The molecule has 1 aliphatic heterocycles. The minimum Gasteiger partial charge on any atom is -0.255 e. The van der Waals surface area contributed by atoms with Gasteiger partial charge in [-0.2, -0.15) is 65.9 Å². The molecule has 0 aromatic rings. The molecule has 1 aliphatic rings. The van der Waals surface area contributed by atoms with Crippen LogP contribution in [0.3, 0.4) is 0 Å². The first-order valence-electron chi connectivity index (χ1n) is 6.02. The van der Waals surface area contributed by atoms with Crippen LogP contribution in [0.4, 0.5) is 70.2 Å². The summed E-state index contributed by atoms with van der Waals surface area (Å²) in [6.07, 6.45) is -7.51. The predicted molar refractivity (Wildman–Crippen MR) is 50.5 cm³/mol. The molecule has 1 rings (SSSR count). The average Bonchev–Trinajstić information content (AvgIpc) is 2.41. The molecule has 1 fully saturated rings. The zero-order valence-corrected chi connectivity index (χ0v) is 12.3. The van der Waals surface area contributed by atoms with Gasteiger partial charge in [0.05, 0.1) is 0 Å². The normalized spacial score (nSPS) is 26.6. The lowest BCUT2D eigenvalue weighted by molar-refractivity contribution is -0.566. The smallest absolute Gasteiger partial charge is 0.255 e. The molecule has 0 amide bonds. The Morgan fingerprint density at radius 2 is 0.828 bits per heavy atom. The Balaban J connectivity index is 4.12. The summed E-state index contributed by atoms with van der Waals surface area (Å²) in [5.74, 6) is -15.1. The molecular weight excluding hydrogens is 472 g/mol. The van der Waals surface area contributed by atoms with E-state index in [1.165, 1.54) is 0 Å². The molecule has 1 atom stereocenters. The van der Waals surface area contributed by atoms with E-state index in [0.717, 1.165) is 0 Å². The molecule has 0 spiro atoms. The summed E-state index contributed by atoms with van der Waals surface area (Å²) in [4.78, 5) is 11.8. The monoisotopic (exact) mass is 472 g/mol. The van der Waals surface area contributed by atoms with Gasteiger partial charge in [0, 0.05) is 0 Å². The first-order valence-corrected chi connectivity index (χ1v) is 6.02. The number of hydrogen-bond acceptors (Lipinski definition) is 4. The Hall–Kier alpha value is -1.86. The molecule has 0 N–H and O–H groups in total. The van der Waals surface area contributed by atoms with E-state index in [-0.39, 0.29) is 0 Å². The van der Waals surface area contributed by atoms with E-state index < -0.39 is 64.1 Å². The van der Waals surface area contributed by atoms with E-state index in [4.69, 9.17) is 0 Å². The van der Waals surface area contributed by atoms with Crippen molar-refractivity contribution in [2.24, 2.45) is 0 Å². The van der Waals surface area contributed by atoms with Crippen LogP contribution in [0.15, 0.2) is 0 Å². The average molecular weight is 472 g/mol. The van der Waals surface area contributed by atoms with Gasteiger partial charge in [0.1, 0.15) is 0 Å². The predicted octanol–water partition coefficient (Wildman–Crippen LogP) is 3.79. The van der Waals surface area contributed by atoms with E-state index in [9.17, 15) is 79.8 Å². The van der Waals surface area contributed by atoms with E-state index in [1.807, 2.05) is 0 Å². The maximum absolute atomic E-state index is 14.0. The third kappa shape index (κ3) is 2.85. The van der Waals surface area contributed by atoms with Gasteiger partial charge in [-0.15, -0.1) is 4.90 Å². The Morgan fingerprint density at radius 3 is 1.03 bits per heavy atom. The number of carbonyl (C=O) groups is 2. The molecular formula is C9F16N2O2. The lowest BCUT2D eigenvalue weighted by atomic mass is 10.0. The second-order valence-electron chi connectivity index (χ2n) is 5.05. The van der Waals surface area contributed by atoms with Gasteiger partial charge in [-0.1, -0.05) is 4.90 Å².